The molecule has 0 spiro atoms. The number of amides is 1. The number of amidine groups is 1. The molecular formula is C19H17BrN2O3S. The Balaban J connectivity index is 1.83. The van der Waals surface area contributed by atoms with Gasteiger partial charge in [-0.3, -0.25) is 4.79 Å². The van der Waals surface area contributed by atoms with E-state index in [1.54, 1.807) is 13.2 Å². The number of nitrogens with two attached hydrogens (primary N) is 1. The first-order valence-electron chi connectivity index (χ1n) is 7.80. The van der Waals surface area contributed by atoms with Gasteiger partial charge in [0, 0.05) is 0 Å². The van der Waals surface area contributed by atoms with Crippen LogP contribution in [0.5, 0.6) is 11.5 Å². The van der Waals surface area contributed by atoms with Gasteiger partial charge in [0.25, 0.3) is 5.91 Å². The fourth-order valence-electron chi connectivity index (χ4n) is 2.50. The van der Waals surface area contributed by atoms with Crippen LogP contribution in [0.2, 0.25) is 0 Å². The minimum atomic E-state index is -0.331. The number of nitrogens with zero attached hydrogens (tertiary/aromatic N) is 1. The standard InChI is InChI=1S/C19H17BrN2O3S/c1-11-4-3-5-12(6-11)10-25-17-14(20)7-13(8-15(17)24-2)9-16-18(23)22-19(21)26-16/h3-9H,10H2,1-2H3,(H2,21,22,23). The Kier molecular flexibility index (Phi) is 5.68. The fraction of sp³-hybridized carbons (Fsp3) is 0.158. The zero-order chi connectivity index (χ0) is 18.7. The second-order valence-corrected chi connectivity index (χ2v) is 7.59. The van der Waals surface area contributed by atoms with Crippen LogP contribution in [0.25, 0.3) is 6.08 Å². The third-order valence-corrected chi connectivity index (χ3v) is 5.05. The minimum absolute atomic E-state index is 0.255. The number of thioether (sulfide) groups is 1. The van der Waals surface area contributed by atoms with Crippen LogP contribution in [0.1, 0.15) is 16.7 Å². The van der Waals surface area contributed by atoms with Crippen LogP contribution >= 0.6 is 27.7 Å². The lowest BCUT2D eigenvalue weighted by Gasteiger charge is -2.14. The summed E-state index contributed by atoms with van der Waals surface area (Å²) in [6, 6.07) is 11.8. The van der Waals surface area contributed by atoms with Crippen molar-refractivity contribution in [3.8, 4) is 11.5 Å². The molecule has 1 amide bonds. The molecule has 2 aromatic rings. The van der Waals surface area contributed by atoms with Gasteiger partial charge in [-0.2, -0.15) is 4.99 Å². The molecule has 0 saturated heterocycles. The van der Waals surface area contributed by atoms with Crippen molar-refractivity contribution in [1.29, 1.82) is 0 Å². The molecule has 0 radical (unpaired) electrons. The highest BCUT2D eigenvalue weighted by Gasteiger charge is 2.20. The van der Waals surface area contributed by atoms with Crippen LogP contribution in [0.15, 0.2) is 50.8 Å². The van der Waals surface area contributed by atoms with E-state index in [4.69, 9.17) is 15.2 Å². The fourth-order valence-corrected chi connectivity index (χ4v) is 3.75. The zero-order valence-corrected chi connectivity index (χ0v) is 16.7. The van der Waals surface area contributed by atoms with Crippen molar-refractivity contribution < 1.29 is 14.3 Å². The second-order valence-electron chi connectivity index (χ2n) is 5.68. The van der Waals surface area contributed by atoms with E-state index < -0.39 is 0 Å². The number of carbonyl (C=O) groups is 1. The van der Waals surface area contributed by atoms with Gasteiger partial charge >= 0.3 is 0 Å². The summed E-state index contributed by atoms with van der Waals surface area (Å²) in [6.45, 7) is 2.47. The lowest BCUT2D eigenvalue weighted by molar-refractivity contribution is -0.113. The molecule has 0 fully saturated rings. The normalized spacial score (nSPS) is 15.3. The maximum atomic E-state index is 11.8. The molecule has 1 aliphatic heterocycles. The molecule has 2 aromatic carbocycles. The van der Waals surface area contributed by atoms with Crippen molar-refractivity contribution in [2.75, 3.05) is 7.11 Å². The topological polar surface area (TPSA) is 73.9 Å². The van der Waals surface area contributed by atoms with E-state index in [2.05, 4.69) is 27.0 Å². The molecule has 2 N–H and O–H groups in total. The maximum Gasteiger partial charge on any atom is 0.286 e. The average molecular weight is 433 g/mol. The number of hydrogen-bond donors (Lipinski definition) is 1. The molecule has 134 valence electrons. The lowest BCUT2D eigenvalue weighted by atomic mass is 10.1. The highest BCUT2D eigenvalue weighted by molar-refractivity contribution is 9.10. The van der Waals surface area contributed by atoms with Crippen molar-refractivity contribution in [2.24, 2.45) is 10.7 Å². The van der Waals surface area contributed by atoms with Gasteiger partial charge in [0.05, 0.1) is 16.5 Å². The van der Waals surface area contributed by atoms with Gasteiger partial charge < -0.3 is 15.2 Å². The van der Waals surface area contributed by atoms with Gasteiger partial charge in [-0.1, -0.05) is 29.8 Å². The molecule has 0 aliphatic carbocycles. The quantitative estimate of drug-likeness (QED) is 0.713. The van der Waals surface area contributed by atoms with Gasteiger partial charge in [-0.25, -0.2) is 0 Å². The maximum absolute atomic E-state index is 11.8. The monoisotopic (exact) mass is 432 g/mol. The van der Waals surface area contributed by atoms with Crippen molar-refractivity contribution in [3.63, 3.8) is 0 Å². The first kappa shape index (κ1) is 18.5. The zero-order valence-electron chi connectivity index (χ0n) is 14.3. The Morgan fingerprint density at radius 3 is 2.77 bits per heavy atom. The Bertz CT molecular complexity index is 925. The van der Waals surface area contributed by atoms with Gasteiger partial charge in [0.15, 0.2) is 16.7 Å². The van der Waals surface area contributed by atoms with Gasteiger partial charge in [0.2, 0.25) is 0 Å². The summed E-state index contributed by atoms with van der Waals surface area (Å²) < 4.78 is 12.2. The van der Waals surface area contributed by atoms with Crippen molar-refractivity contribution >= 4 is 44.8 Å². The first-order chi connectivity index (χ1) is 12.5. The molecule has 0 saturated carbocycles. The van der Waals surface area contributed by atoms with E-state index in [9.17, 15) is 4.79 Å². The predicted octanol–water partition coefficient (Wildman–Crippen LogP) is 4.27. The SMILES string of the molecule is COc1cc(C=C2SC(N)=NC2=O)cc(Br)c1OCc1cccc(C)c1. The van der Waals surface area contributed by atoms with Gasteiger partial charge in [0.1, 0.15) is 6.61 Å². The summed E-state index contributed by atoms with van der Waals surface area (Å²) >= 11 is 4.68. The summed E-state index contributed by atoms with van der Waals surface area (Å²) in [7, 11) is 1.58. The van der Waals surface area contributed by atoms with E-state index in [-0.39, 0.29) is 11.1 Å². The largest absolute Gasteiger partial charge is 0.493 e. The number of benzene rings is 2. The third kappa shape index (κ3) is 4.28. The summed E-state index contributed by atoms with van der Waals surface area (Å²) in [5.41, 5.74) is 8.63. The summed E-state index contributed by atoms with van der Waals surface area (Å²) in [5, 5.41) is 0.255. The van der Waals surface area contributed by atoms with Crippen LogP contribution in [0.4, 0.5) is 0 Å². The number of aryl methyl sites for hydroxylation is 1. The molecular weight excluding hydrogens is 416 g/mol. The van der Waals surface area contributed by atoms with E-state index in [1.807, 2.05) is 37.3 Å². The Hall–Kier alpha value is -2.25. The first-order valence-corrected chi connectivity index (χ1v) is 9.41. The smallest absolute Gasteiger partial charge is 0.286 e. The minimum Gasteiger partial charge on any atom is -0.493 e. The second kappa shape index (κ2) is 7.97. The van der Waals surface area contributed by atoms with E-state index >= 15 is 0 Å². The summed E-state index contributed by atoms with van der Waals surface area (Å²) in [4.78, 5) is 15.9. The molecule has 0 bridgehead atoms. The molecule has 1 heterocycles. The molecule has 0 atom stereocenters. The molecule has 1 aliphatic rings. The number of hydrogen-bond acceptors (Lipinski definition) is 5. The van der Waals surface area contributed by atoms with Gasteiger partial charge in [-0.15, -0.1) is 0 Å². The molecule has 26 heavy (non-hydrogen) atoms. The number of halogens is 1. The van der Waals surface area contributed by atoms with Crippen LogP contribution < -0.4 is 15.2 Å². The van der Waals surface area contributed by atoms with Crippen LogP contribution in [0.3, 0.4) is 0 Å². The Morgan fingerprint density at radius 2 is 2.12 bits per heavy atom. The van der Waals surface area contributed by atoms with E-state index in [0.717, 1.165) is 27.4 Å². The molecule has 0 unspecified atom stereocenters. The van der Waals surface area contributed by atoms with Crippen LogP contribution in [0, 0.1) is 6.92 Å². The van der Waals surface area contributed by atoms with Crippen molar-refractivity contribution in [1.82, 2.24) is 0 Å². The number of methoxy groups -OCH3 is 1. The van der Waals surface area contributed by atoms with Crippen molar-refractivity contribution in [3.05, 3.63) is 62.5 Å². The lowest BCUT2D eigenvalue weighted by Crippen LogP contribution is -2.01. The number of ether oxygens (including phenoxy) is 2. The van der Waals surface area contributed by atoms with E-state index in [1.165, 1.54) is 5.56 Å². The molecule has 3 rings (SSSR count). The predicted molar refractivity (Wildman–Crippen MR) is 108 cm³/mol. The van der Waals surface area contributed by atoms with Crippen molar-refractivity contribution in [2.45, 2.75) is 13.5 Å². The third-order valence-electron chi connectivity index (χ3n) is 3.65. The highest BCUT2D eigenvalue weighted by atomic mass is 79.9. The number of aliphatic imine (C=N–C) groups is 1. The van der Waals surface area contributed by atoms with E-state index in [0.29, 0.717) is 23.0 Å². The van der Waals surface area contributed by atoms with Crippen LogP contribution in [-0.4, -0.2) is 18.2 Å². The van der Waals surface area contributed by atoms with Crippen LogP contribution in [-0.2, 0) is 11.4 Å². The van der Waals surface area contributed by atoms with Gasteiger partial charge in [-0.05, 0) is 64.0 Å². The number of carbonyl (C=O) groups excluding carboxylic acids is 1. The molecule has 0 aromatic heterocycles. The number of rotatable bonds is 5. The molecule has 5 nitrogen and oxygen atoms in total. The summed E-state index contributed by atoms with van der Waals surface area (Å²) in [6.07, 6.45) is 1.73. The Morgan fingerprint density at radius 1 is 1.31 bits per heavy atom. The summed E-state index contributed by atoms with van der Waals surface area (Å²) in [5.74, 6) is 0.850. The molecule has 7 heteroatoms. The average Bonchev–Trinajstić information content (AvgIpc) is 2.90. The highest BCUT2D eigenvalue weighted by Crippen LogP contribution is 2.38. The Labute approximate surface area is 164 Å².